The van der Waals surface area contributed by atoms with Crippen molar-refractivity contribution in [1.82, 2.24) is 0 Å². The SMILES string of the molecule is CC(C)(C)C1CCC(N)C(Oc2ccc3c(c2)OCO3)C1. The second kappa shape index (κ2) is 5.41. The van der Waals surface area contributed by atoms with Gasteiger partial charge in [0.05, 0.1) is 0 Å². The first-order chi connectivity index (χ1) is 9.93. The van der Waals surface area contributed by atoms with Gasteiger partial charge in [0.15, 0.2) is 11.5 Å². The third-order valence-electron chi connectivity index (χ3n) is 4.70. The third-order valence-corrected chi connectivity index (χ3v) is 4.70. The maximum absolute atomic E-state index is 6.26. The molecule has 1 aliphatic carbocycles. The van der Waals surface area contributed by atoms with E-state index in [4.69, 9.17) is 19.9 Å². The molecule has 2 aliphatic rings. The summed E-state index contributed by atoms with van der Waals surface area (Å²) in [7, 11) is 0. The number of hydrogen-bond acceptors (Lipinski definition) is 4. The van der Waals surface area contributed by atoms with Gasteiger partial charge in [-0.25, -0.2) is 0 Å². The summed E-state index contributed by atoms with van der Waals surface area (Å²) in [6.07, 6.45) is 3.30. The molecule has 1 aliphatic heterocycles. The van der Waals surface area contributed by atoms with Crippen molar-refractivity contribution < 1.29 is 14.2 Å². The molecule has 2 N–H and O–H groups in total. The van der Waals surface area contributed by atoms with Crippen molar-refractivity contribution in [2.24, 2.45) is 17.1 Å². The van der Waals surface area contributed by atoms with Gasteiger partial charge in [0.2, 0.25) is 6.79 Å². The Balaban J connectivity index is 1.70. The van der Waals surface area contributed by atoms with Crippen LogP contribution in [0.4, 0.5) is 0 Å². The molecule has 0 radical (unpaired) electrons. The lowest BCUT2D eigenvalue weighted by Crippen LogP contribution is -2.46. The van der Waals surface area contributed by atoms with Gasteiger partial charge in [0, 0.05) is 12.1 Å². The molecular weight excluding hydrogens is 266 g/mol. The standard InChI is InChI=1S/C17H25NO3/c1-17(2,3)11-4-6-13(18)15(8-11)21-12-5-7-14-16(9-12)20-10-19-14/h5,7,9,11,13,15H,4,6,8,10,18H2,1-3H3. The zero-order chi connectivity index (χ0) is 15.0. The van der Waals surface area contributed by atoms with Gasteiger partial charge < -0.3 is 19.9 Å². The lowest BCUT2D eigenvalue weighted by atomic mass is 9.70. The van der Waals surface area contributed by atoms with Crippen LogP contribution in [0, 0.1) is 11.3 Å². The first-order valence-electron chi connectivity index (χ1n) is 7.75. The molecule has 116 valence electrons. The van der Waals surface area contributed by atoms with Crippen LogP contribution in [0.15, 0.2) is 18.2 Å². The van der Waals surface area contributed by atoms with Gasteiger partial charge in [0.25, 0.3) is 0 Å². The van der Waals surface area contributed by atoms with Crippen LogP contribution in [0.5, 0.6) is 17.2 Å². The van der Waals surface area contributed by atoms with Gasteiger partial charge in [0.1, 0.15) is 11.9 Å². The minimum absolute atomic E-state index is 0.0725. The second-order valence-electron chi connectivity index (χ2n) is 7.21. The Kier molecular flexibility index (Phi) is 3.74. The molecule has 4 heteroatoms. The average molecular weight is 291 g/mol. The topological polar surface area (TPSA) is 53.7 Å². The molecule has 0 bridgehead atoms. The van der Waals surface area contributed by atoms with Crippen LogP contribution >= 0.6 is 0 Å². The second-order valence-corrected chi connectivity index (χ2v) is 7.21. The number of benzene rings is 1. The maximum atomic E-state index is 6.26. The van der Waals surface area contributed by atoms with E-state index in [1.54, 1.807) is 0 Å². The van der Waals surface area contributed by atoms with Crippen LogP contribution in [0.2, 0.25) is 0 Å². The Morgan fingerprint density at radius 1 is 1.14 bits per heavy atom. The fourth-order valence-corrected chi connectivity index (χ4v) is 3.20. The molecule has 1 aromatic carbocycles. The lowest BCUT2D eigenvalue weighted by Gasteiger charge is -2.40. The molecule has 3 unspecified atom stereocenters. The van der Waals surface area contributed by atoms with Gasteiger partial charge in [-0.2, -0.15) is 0 Å². The number of ether oxygens (including phenoxy) is 3. The van der Waals surface area contributed by atoms with E-state index in [0.29, 0.717) is 11.3 Å². The minimum Gasteiger partial charge on any atom is -0.489 e. The predicted molar refractivity (Wildman–Crippen MR) is 81.8 cm³/mol. The Morgan fingerprint density at radius 3 is 2.67 bits per heavy atom. The number of fused-ring (bicyclic) bond motifs is 1. The highest BCUT2D eigenvalue weighted by atomic mass is 16.7. The smallest absolute Gasteiger partial charge is 0.231 e. The van der Waals surface area contributed by atoms with Crippen molar-refractivity contribution in [1.29, 1.82) is 0 Å². The van der Waals surface area contributed by atoms with E-state index in [0.717, 1.165) is 30.1 Å². The van der Waals surface area contributed by atoms with E-state index in [2.05, 4.69) is 20.8 Å². The summed E-state index contributed by atoms with van der Waals surface area (Å²) < 4.78 is 16.9. The van der Waals surface area contributed by atoms with Gasteiger partial charge in [-0.15, -0.1) is 0 Å². The summed E-state index contributed by atoms with van der Waals surface area (Å²) in [6.45, 7) is 7.18. The van der Waals surface area contributed by atoms with Crippen LogP contribution in [-0.4, -0.2) is 18.9 Å². The Hall–Kier alpha value is -1.42. The minimum atomic E-state index is 0.0725. The molecule has 0 aromatic heterocycles. The van der Waals surface area contributed by atoms with Crippen molar-refractivity contribution in [2.45, 2.75) is 52.2 Å². The molecule has 1 aromatic rings. The molecule has 0 saturated heterocycles. The number of nitrogens with two attached hydrogens (primary N) is 1. The first-order valence-corrected chi connectivity index (χ1v) is 7.75. The van der Waals surface area contributed by atoms with Gasteiger partial charge in [-0.05, 0) is 42.7 Å². The highest BCUT2D eigenvalue weighted by Gasteiger charge is 2.35. The van der Waals surface area contributed by atoms with Crippen molar-refractivity contribution in [3.63, 3.8) is 0 Å². The zero-order valence-electron chi connectivity index (χ0n) is 13.1. The van der Waals surface area contributed by atoms with Crippen LogP contribution in [0.3, 0.4) is 0 Å². The normalized spacial score (nSPS) is 28.5. The molecule has 0 spiro atoms. The Bertz CT molecular complexity index is 509. The van der Waals surface area contributed by atoms with E-state index in [9.17, 15) is 0 Å². The number of hydrogen-bond donors (Lipinski definition) is 1. The van der Waals surface area contributed by atoms with Crippen LogP contribution in [-0.2, 0) is 0 Å². The zero-order valence-corrected chi connectivity index (χ0v) is 13.1. The van der Waals surface area contributed by atoms with Gasteiger partial charge in [-0.3, -0.25) is 0 Å². The van der Waals surface area contributed by atoms with Crippen LogP contribution in [0.25, 0.3) is 0 Å². The summed E-state index contributed by atoms with van der Waals surface area (Å²) in [5.74, 6) is 3.00. The highest BCUT2D eigenvalue weighted by molar-refractivity contribution is 5.46. The fraction of sp³-hybridized carbons (Fsp3) is 0.647. The quantitative estimate of drug-likeness (QED) is 0.908. The molecule has 0 amide bonds. The molecule has 1 saturated carbocycles. The average Bonchev–Trinajstić information content (AvgIpc) is 2.87. The van der Waals surface area contributed by atoms with Crippen molar-refractivity contribution in [3.8, 4) is 17.2 Å². The highest BCUT2D eigenvalue weighted by Crippen LogP contribution is 2.40. The van der Waals surface area contributed by atoms with Crippen molar-refractivity contribution in [2.75, 3.05) is 6.79 Å². The molecule has 3 rings (SSSR count). The summed E-state index contributed by atoms with van der Waals surface area (Å²) >= 11 is 0. The van der Waals surface area contributed by atoms with Gasteiger partial charge in [-0.1, -0.05) is 20.8 Å². The Morgan fingerprint density at radius 2 is 1.90 bits per heavy atom. The van der Waals surface area contributed by atoms with E-state index in [1.165, 1.54) is 6.42 Å². The van der Waals surface area contributed by atoms with Crippen molar-refractivity contribution >= 4 is 0 Å². The number of rotatable bonds is 2. The van der Waals surface area contributed by atoms with Crippen molar-refractivity contribution in [3.05, 3.63) is 18.2 Å². The molecule has 4 nitrogen and oxygen atoms in total. The van der Waals surface area contributed by atoms with Crippen LogP contribution < -0.4 is 19.9 Å². The third kappa shape index (κ3) is 3.10. The summed E-state index contributed by atoms with van der Waals surface area (Å²) in [4.78, 5) is 0. The molecular formula is C17H25NO3. The van der Waals surface area contributed by atoms with E-state index >= 15 is 0 Å². The lowest BCUT2D eigenvalue weighted by molar-refractivity contribution is 0.0590. The molecule has 21 heavy (non-hydrogen) atoms. The molecule has 3 atom stereocenters. The molecule has 1 heterocycles. The van der Waals surface area contributed by atoms with Crippen LogP contribution in [0.1, 0.15) is 40.0 Å². The largest absolute Gasteiger partial charge is 0.489 e. The van der Waals surface area contributed by atoms with E-state index in [1.807, 2.05) is 18.2 Å². The Labute approximate surface area is 126 Å². The maximum Gasteiger partial charge on any atom is 0.231 e. The van der Waals surface area contributed by atoms with E-state index < -0.39 is 0 Å². The van der Waals surface area contributed by atoms with E-state index in [-0.39, 0.29) is 18.9 Å². The molecule has 1 fully saturated rings. The predicted octanol–water partition coefficient (Wildman–Crippen LogP) is 3.34. The van der Waals surface area contributed by atoms with Gasteiger partial charge >= 0.3 is 0 Å². The summed E-state index contributed by atoms with van der Waals surface area (Å²) in [5.41, 5.74) is 6.57. The monoisotopic (exact) mass is 291 g/mol. The summed E-state index contributed by atoms with van der Waals surface area (Å²) in [6, 6.07) is 5.83. The fourth-order valence-electron chi connectivity index (χ4n) is 3.20. The summed E-state index contributed by atoms with van der Waals surface area (Å²) in [5, 5.41) is 0. The first kappa shape index (κ1) is 14.5.